The number of nitriles is 1. The van der Waals surface area contributed by atoms with Crippen molar-refractivity contribution in [2.24, 2.45) is 5.92 Å². The number of fused-ring (bicyclic) bond motifs is 4. The van der Waals surface area contributed by atoms with Crippen LogP contribution in [-0.4, -0.2) is 29.1 Å². The highest BCUT2D eigenvalue weighted by Crippen LogP contribution is 2.40. The van der Waals surface area contributed by atoms with E-state index in [2.05, 4.69) is 41.3 Å². The van der Waals surface area contributed by atoms with E-state index in [1.807, 2.05) is 34.9 Å². The van der Waals surface area contributed by atoms with Crippen LogP contribution in [0.3, 0.4) is 0 Å². The smallest absolute Gasteiger partial charge is 0.250 e. The van der Waals surface area contributed by atoms with Gasteiger partial charge in [-0.1, -0.05) is 42.5 Å². The highest BCUT2D eigenvalue weighted by molar-refractivity contribution is 5.68. The Morgan fingerprint density at radius 1 is 0.968 bits per heavy atom. The lowest BCUT2D eigenvalue weighted by molar-refractivity contribution is 0.119. The molecule has 2 aliphatic heterocycles. The molecule has 2 atom stereocenters. The maximum atomic E-state index is 12.7. The van der Waals surface area contributed by atoms with Crippen LogP contribution in [0.25, 0.3) is 11.1 Å². The van der Waals surface area contributed by atoms with Crippen molar-refractivity contribution in [1.82, 2.24) is 9.47 Å². The average Bonchev–Trinajstić information content (AvgIpc) is 2.80. The number of piperidine rings is 1. The second kappa shape index (κ2) is 8.53. The Kier molecular flexibility index (Phi) is 5.44. The number of hydrogen-bond acceptors (Lipinski definition) is 3. The van der Waals surface area contributed by atoms with Crippen LogP contribution in [0, 0.1) is 17.2 Å². The molecule has 1 aromatic heterocycles. The molecule has 1 fully saturated rings. The Morgan fingerprint density at radius 3 is 2.68 bits per heavy atom. The van der Waals surface area contributed by atoms with Crippen LogP contribution >= 0.6 is 0 Å². The van der Waals surface area contributed by atoms with Gasteiger partial charge in [0, 0.05) is 42.9 Å². The number of benzene rings is 2. The van der Waals surface area contributed by atoms with Crippen LogP contribution in [0.5, 0.6) is 0 Å². The second-order valence-corrected chi connectivity index (χ2v) is 8.92. The Labute approximate surface area is 183 Å². The number of hydrogen-bond donors (Lipinski definition) is 0. The van der Waals surface area contributed by atoms with Crippen molar-refractivity contribution in [1.29, 1.82) is 5.26 Å². The van der Waals surface area contributed by atoms with Gasteiger partial charge in [-0.2, -0.15) is 5.26 Å². The van der Waals surface area contributed by atoms with Crippen LogP contribution in [0.1, 0.15) is 35.6 Å². The van der Waals surface area contributed by atoms with E-state index in [1.54, 1.807) is 6.07 Å². The summed E-state index contributed by atoms with van der Waals surface area (Å²) in [7, 11) is 0. The molecule has 0 N–H and O–H groups in total. The Morgan fingerprint density at radius 2 is 1.84 bits per heavy atom. The van der Waals surface area contributed by atoms with Crippen molar-refractivity contribution in [2.45, 2.75) is 31.7 Å². The molecule has 5 rings (SSSR count). The minimum Gasteiger partial charge on any atom is -0.311 e. The highest BCUT2D eigenvalue weighted by atomic mass is 16.1. The summed E-state index contributed by atoms with van der Waals surface area (Å²) in [5.41, 5.74) is 5.45. The second-order valence-electron chi connectivity index (χ2n) is 8.92. The van der Waals surface area contributed by atoms with Crippen molar-refractivity contribution in [3.05, 3.63) is 93.9 Å². The standard InChI is InChI=1S/C27H27N3O/c28-16-21-8-4-10-23(14-21)25-11-12-26(31)30-18-22-15-24(27(25)30)19-29(17-22)13-5-9-20-6-2-1-3-7-20/h1-4,6-8,10-12,14,22,24H,5,9,13,15,17-19H2/t22-,24+/m0/s1. The van der Waals surface area contributed by atoms with E-state index < -0.39 is 0 Å². The molecule has 0 aliphatic carbocycles. The summed E-state index contributed by atoms with van der Waals surface area (Å²) < 4.78 is 2.01. The van der Waals surface area contributed by atoms with Gasteiger partial charge in [0.25, 0.3) is 5.56 Å². The molecule has 31 heavy (non-hydrogen) atoms. The molecule has 3 aromatic rings. The van der Waals surface area contributed by atoms with Crippen molar-refractivity contribution in [2.75, 3.05) is 19.6 Å². The minimum atomic E-state index is 0.0995. The molecule has 4 heteroatoms. The van der Waals surface area contributed by atoms with E-state index >= 15 is 0 Å². The predicted octanol–water partition coefficient (Wildman–Crippen LogP) is 4.44. The average molecular weight is 410 g/mol. The Hall–Kier alpha value is -3.16. The van der Waals surface area contributed by atoms with E-state index in [0.29, 0.717) is 17.4 Å². The van der Waals surface area contributed by atoms with Crippen molar-refractivity contribution in [3.63, 3.8) is 0 Å². The SMILES string of the molecule is N#Cc1cccc(-c2ccc(=O)n3c2[C@@H]2C[C@@H](CN(CCCc4ccccc4)C2)C3)c1. The lowest BCUT2D eigenvalue weighted by Gasteiger charge is -2.43. The van der Waals surface area contributed by atoms with E-state index in [9.17, 15) is 10.1 Å². The zero-order valence-electron chi connectivity index (χ0n) is 17.7. The fraction of sp³-hybridized carbons (Fsp3) is 0.333. The molecular formula is C27H27N3O. The first kappa shape index (κ1) is 19.8. The third kappa shape index (κ3) is 4.06. The lowest BCUT2D eigenvalue weighted by Crippen LogP contribution is -2.47. The van der Waals surface area contributed by atoms with Gasteiger partial charge in [0.15, 0.2) is 0 Å². The number of nitrogens with zero attached hydrogens (tertiary/aromatic N) is 3. The van der Waals surface area contributed by atoms with Crippen LogP contribution in [-0.2, 0) is 13.0 Å². The third-order valence-corrected chi connectivity index (χ3v) is 6.75. The maximum absolute atomic E-state index is 12.7. The molecule has 2 bridgehead atoms. The number of aryl methyl sites for hydroxylation is 1. The van der Waals surface area contributed by atoms with E-state index in [-0.39, 0.29) is 5.56 Å². The van der Waals surface area contributed by atoms with Crippen LogP contribution < -0.4 is 5.56 Å². The van der Waals surface area contributed by atoms with Crippen molar-refractivity contribution in [3.8, 4) is 17.2 Å². The Bertz CT molecular complexity index is 1180. The van der Waals surface area contributed by atoms with Crippen LogP contribution in [0.2, 0.25) is 0 Å². The number of rotatable bonds is 5. The maximum Gasteiger partial charge on any atom is 0.250 e. The summed E-state index contributed by atoms with van der Waals surface area (Å²) in [4.78, 5) is 15.3. The summed E-state index contributed by atoms with van der Waals surface area (Å²) in [5.74, 6) is 0.889. The summed E-state index contributed by atoms with van der Waals surface area (Å²) >= 11 is 0. The summed E-state index contributed by atoms with van der Waals surface area (Å²) in [6.45, 7) is 3.97. The van der Waals surface area contributed by atoms with Gasteiger partial charge in [-0.15, -0.1) is 0 Å². The van der Waals surface area contributed by atoms with Crippen molar-refractivity contribution >= 4 is 0 Å². The number of likely N-dealkylation sites (tertiary alicyclic amines) is 1. The first-order chi connectivity index (χ1) is 15.2. The lowest BCUT2D eigenvalue weighted by atomic mass is 9.80. The third-order valence-electron chi connectivity index (χ3n) is 6.75. The fourth-order valence-corrected chi connectivity index (χ4v) is 5.45. The topological polar surface area (TPSA) is 49.0 Å². The molecule has 4 nitrogen and oxygen atoms in total. The van der Waals surface area contributed by atoms with E-state index in [4.69, 9.17) is 0 Å². The molecule has 0 saturated carbocycles. The number of aromatic nitrogens is 1. The summed E-state index contributed by atoms with van der Waals surface area (Å²) in [5, 5.41) is 9.32. The first-order valence-electron chi connectivity index (χ1n) is 11.2. The predicted molar refractivity (Wildman–Crippen MR) is 123 cm³/mol. The van der Waals surface area contributed by atoms with Gasteiger partial charge in [0.1, 0.15) is 0 Å². The van der Waals surface area contributed by atoms with Gasteiger partial charge >= 0.3 is 0 Å². The largest absolute Gasteiger partial charge is 0.311 e. The normalized spacial score (nSPS) is 20.1. The van der Waals surface area contributed by atoms with Gasteiger partial charge in [0.2, 0.25) is 0 Å². The zero-order chi connectivity index (χ0) is 21.2. The molecular weight excluding hydrogens is 382 g/mol. The van der Waals surface area contributed by atoms with Crippen LogP contribution in [0.4, 0.5) is 0 Å². The molecule has 0 unspecified atom stereocenters. The quantitative estimate of drug-likeness (QED) is 0.626. The molecule has 1 saturated heterocycles. The minimum absolute atomic E-state index is 0.0995. The van der Waals surface area contributed by atoms with Gasteiger partial charge in [0.05, 0.1) is 11.6 Å². The monoisotopic (exact) mass is 409 g/mol. The van der Waals surface area contributed by atoms with Gasteiger partial charge in [-0.3, -0.25) is 4.79 Å². The van der Waals surface area contributed by atoms with Gasteiger partial charge < -0.3 is 9.47 Å². The summed E-state index contributed by atoms with van der Waals surface area (Å²) in [6.07, 6.45) is 3.40. The van der Waals surface area contributed by atoms with E-state index in [1.165, 1.54) is 5.56 Å². The molecule has 156 valence electrons. The fourth-order valence-electron chi connectivity index (χ4n) is 5.45. The highest BCUT2D eigenvalue weighted by Gasteiger charge is 2.36. The first-order valence-corrected chi connectivity index (χ1v) is 11.2. The van der Waals surface area contributed by atoms with E-state index in [0.717, 1.165) is 62.3 Å². The van der Waals surface area contributed by atoms with Gasteiger partial charge in [-0.25, -0.2) is 0 Å². The zero-order valence-corrected chi connectivity index (χ0v) is 17.7. The molecule has 0 amide bonds. The summed E-state index contributed by atoms with van der Waals surface area (Å²) in [6, 6.07) is 24.3. The number of pyridine rings is 1. The molecule has 0 spiro atoms. The molecule has 2 aliphatic rings. The van der Waals surface area contributed by atoms with Crippen molar-refractivity contribution < 1.29 is 0 Å². The Balaban J connectivity index is 1.39. The van der Waals surface area contributed by atoms with Gasteiger partial charge in [-0.05, 0) is 61.1 Å². The van der Waals surface area contributed by atoms with Crippen LogP contribution in [0.15, 0.2) is 71.5 Å². The molecule has 3 heterocycles. The molecule has 0 radical (unpaired) electrons. The molecule has 2 aromatic carbocycles.